The number of carbonyl (C=O) groups excluding carboxylic acids is 3. The summed E-state index contributed by atoms with van der Waals surface area (Å²) in [5.74, 6) is -2.88. The second-order valence-corrected chi connectivity index (χ2v) is 24.2. The van der Waals surface area contributed by atoms with Gasteiger partial charge in [0.05, 0.1) is 19.3 Å². The predicted molar refractivity (Wildman–Crippen MR) is 299 cm³/mol. The molecule has 4 rings (SSSR count). The number of phenols is 3. The Morgan fingerprint density at radius 3 is 0.640 bits per heavy atom. The lowest BCUT2D eigenvalue weighted by Crippen LogP contribution is -2.61. The fourth-order valence-electron chi connectivity index (χ4n) is 7.85. The molecule has 0 aliphatic carbocycles. The third-order valence-electron chi connectivity index (χ3n) is 11.8. The normalized spacial score (nSPS) is 11.9. The molecule has 0 saturated heterocycles. The van der Waals surface area contributed by atoms with E-state index in [2.05, 4.69) is 39.5 Å². The number of hydrogen-bond acceptors (Lipinski definition) is 12. The van der Waals surface area contributed by atoms with Crippen LogP contribution in [0.4, 0.5) is 0 Å². The number of aromatic nitrogens is 3. The second-order valence-electron chi connectivity index (χ2n) is 24.2. The van der Waals surface area contributed by atoms with Gasteiger partial charge in [0.1, 0.15) is 17.2 Å². The lowest BCUT2D eigenvalue weighted by Gasteiger charge is -2.28. The highest BCUT2D eigenvalue weighted by Crippen LogP contribution is 2.42. The molecule has 4 aromatic rings. The number of aryl methyl sites for hydroxylation is 3. The number of carbonyl (C=O) groups is 3. The van der Waals surface area contributed by atoms with Gasteiger partial charge in [-0.15, -0.1) is 39.5 Å². The van der Waals surface area contributed by atoms with Gasteiger partial charge in [0.2, 0.25) is 0 Å². The fourth-order valence-corrected chi connectivity index (χ4v) is 7.85. The molecule has 3 aromatic carbocycles. The Hall–Kier alpha value is -6.90. The molecule has 15 nitrogen and oxygen atoms in total. The molecule has 1 heterocycles. The topological polar surface area (TPSA) is 206 Å². The first-order valence-corrected chi connectivity index (χ1v) is 25.0. The van der Waals surface area contributed by atoms with Crippen molar-refractivity contribution < 1.29 is 44.2 Å². The van der Waals surface area contributed by atoms with Gasteiger partial charge in [-0.05, 0) is 102 Å². The number of rotatable bonds is 12. The molecule has 15 heteroatoms. The van der Waals surface area contributed by atoms with Crippen LogP contribution in [0.2, 0.25) is 0 Å². The summed E-state index contributed by atoms with van der Waals surface area (Å²) in [7, 11) is 0. The van der Waals surface area contributed by atoms with E-state index in [1.807, 2.05) is 125 Å². The van der Waals surface area contributed by atoms with Gasteiger partial charge in [-0.3, -0.25) is 0 Å². The largest absolute Gasteiger partial charge is 0.507 e. The van der Waals surface area contributed by atoms with Gasteiger partial charge in [-0.1, -0.05) is 175 Å². The molecule has 0 spiro atoms. The highest BCUT2D eigenvalue weighted by Gasteiger charge is 2.31. The van der Waals surface area contributed by atoms with Crippen molar-refractivity contribution in [2.75, 3.05) is 0 Å². The zero-order chi connectivity index (χ0) is 58.7. The monoisotopic (exact) mass is 1040 g/mol. The van der Waals surface area contributed by atoms with Crippen LogP contribution in [0, 0.1) is 0 Å². The molecule has 0 aliphatic rings. The van der Waals surface area contributed by atoms with E-state index < -0.39 is 67.5 Å². The average Bonchev–Trinajstić information content (AvgIpc) is 3.29. The van der Waals surface area contributed by atoms with Crippen LogP contribution in [0.25, 0.3) is 0 Å². The maximum absolute atomic E-state index is 13.9. The van der Waals surface area contributed by atoms with E-state index in [4.69, 9.17) is 14.5 Å². The lowest BCUT2D eigenvalue weighted by molar-refractivity contribution is -0.153. The molecular formula is C60H87N3O12. The van der Waals surface area contributed by atoms with Crippen molar-refractivity contribution in [2.24, 2.45) is 0 Å². The highest BCUT2D eigenvalue weighted by atomic mass is 16.8. The summed E-state index contributed by atoms with van der Waals surface area (Å²) < 4.78 is -0.337. The quantitative estimate of drug-likeness (QED) is 0.113. The molecule has 3 N–H and O–H groups in total. The van der Waals surface area contributed by atoms with Gasteiger partial charge < -0.3 is 29.8 Å². The van der Waals surface area contributed by atoms with Crippen LogP contribution >= 0.6 is 0 Å². The van der Waals surface area contributed by atoms with Crippen LogP contribution in [-0.4, -0.2) is 47.4 Å². The number of benzene rings is 3. The fraction of sp³-hybridized carbons (Fsp3) is 0.500. The SMILES string of the molecule is C=C.C=C.C=C.CC(C)(C)c1cc(CCC(=O)On2c(=O)n(OC(=O)CCc3cc(C(C)(C)C)c(O)c(C(C)(C)C)c3)c(=O)n(OC(=O)CCc3cc(C(C)(C)C)c(O)c(C(C)(C)C)c3)c2=O)cc(C(C)(C)C)c1O. The van der Waals surface area contributed by atoms with E-state index in [0.29, 0.717) is 50.1 Å². The minimum absolute atomic E-state index is 0.0497. The Bertz CT molecular complexity index is 2410. The smallest absolute Gasteiger partial charge is 0.405 e. The van der Waals surface area contributed by atoms with Gasteiger partial charge in [-0.25, -0.2) is 28.8 Å². The van der Waals surface area contributed by atoms with Crippen LogP contribution in [0.1, 0.15) is 194 Å². The van der Waals surface area contributed by atoms with Gasteiger partial charge in [0.15, 0.2) is 0 Å². The second kappa shape index (κ2) is 25.6. The first kappa shape index (κ1) is 66.1. The van der Waals surface area contributed by atoms with Crippen molar-refractivity contribution in [3.63, 3.8) is 0 Å². The Kier molecular flexibility index (Phi) is 22.5. The number of phenolic OH excluding ortho intramolecular Hbond substituents is 3. The molecule has 0 atom stereocenters. The molecule has 0 unspecified atom stereocenters. The van der Waals surface area contributed by atoms with Crippen molar-refractivity contribution in [1.29, 1.82) is 0 Å². The van der Waals surface area contributed by atoms with Crippen LogP contribution in [0.15, 0.2) is 90.3 Å². The van der Waals surface area contributed by atoms with Gasteiger partial charge in [0.25, 0.3) is 0 Å². The van der Waals surface area contributed by atoms with E-state index in [0.717, 1.165) is 0 Å². The molecule has 414 valence electrons. The standard InChI is InChI=1S/C54H75N3O12.3C2H4/c1-49(2,3)34-25-31(26-35(43(34)61)50(4,5)6)19-22-40(58)67-55-46(64)56(68-41(59)23-20-32-27-36(51(7,8)9)44(62)37(28-32)52(10,11)12)48(66)57(47(55)65)69-42(60)24-21-33-29-38(53(13,14)15)45(63)39(30-33)54(16,17)18;3*1-2/h25-30,61-63H,19-24H2,1-18H3;3*1-2H2. The first-order valence-electron chi connectivity index (χ1n) is 25.0. The van der Waals surface area contributed by atoms with Crippen LogP contribution in [-0.2, 0) is 66.1 Å². The van der Waals surface area contributed by atoms with Crippen LogP contribution in [0.5, 0.6) is 17.2 Å². The van der Waals surface area contributed by atoms with Crippen molar-refractivity contribution in [1.82, 2.24) is 14.2 Å². The summed E-state index contributed by atoms with van der Waals surface area (Å²) in [6, 6.07) is 10.6. The van der Waals surface area contributed by atoms with Crippen molar-refractivity contribution in [2.45, 2.75) is 196 Å². The summed E-state index contributed by atoms with van der Waals surface area (Å²) in [6.07, 6.45) is -1.01. The van der Waals surface area contributed by atoms with Crippen molar-refractivity contribution in [3.8, 4) is 17.2 Å². The maximum Gasteiger partial charge on any atom is 0.405 e. The maximum atomic E-state index is 13.9. The number of hydrogen-bond donors (Lipinski definition) is 3. The molecule has 0 aliphatic heterocycles. The molecule has 0 fully saturated rings. The van der Waals surface area contributed by atoms with Crippen LogP contribution < -0.4 is 31.6 Å². The van der Waals surface area contributed by atoms with E-state index in [1.54, 1.807) is 36.4 Å². The number of aromatic hydroxyl groups is 3. The molecule has 1 aromatic heterocycles. The molecule has 0 radical (unpaired) electrons. The minimum atomic E-state index is -1.66. The Morgan fingerprint density at radius 2 is 0.507 bits per heavy atom. The minimum Gasteiger partial charge on any atom is -0.507 e. The number of nitrogens with zero attached hydrogens (tertiary/aromatic N) is 3. The predicted octanol–water partition coefficient (Wildman–Crippen LogP) is 10.2. The zero-order valence-electron chi connectivity index (χ0n) is 48.3. The molecular weight excluding hydrogens is 955 g/mol. The third-order valence-corrected chi connectivity index (χ3v) is 11.8. The van der Waals surface area contributed by atoms with E-state index in [9.17, 15) is 44.1 Å². The Balaban J connectivity index is 0.00000452. The Labute approximate surface area is 445 Å². The van der Waals surface area contributed by atoms with Crippen LogP contribution in [0.3, 0.4) is 0 Å². The summed E-state index contributed by atoms with van der Waals surface area (Å²) >= 11 is 0. The van der Waals surface area contributed by atoms with Crippen molar-refractivity contribution in [3.05, 3.63) is 157 Å². The zero-order valence-corrected chi connectivity index (χ0v) is 48.3. The molecule has 0 amide bonds. The molecule has 0 bridgehead atoms. The third kappa shape index (κ3) is 17.3. The summed E-state index contributed by atoms with van der Waals surface area (Å²) in [4.78, 5) is 98.0. The summed E-state index contributed by atoms with van der Waals surface area (Å²) in [6.45, 7) is 52.9. The Morgan fingerprint density at radius 1 is 0.360 bits per heavy atom. The van der Waals surface area contributed by atoms with Gasteiger partial charge in [-0.2, -0.15) is 0 Å². The average molecular weight is 1040 g/mol. The van der Waals surface area contributed by atoms with Crippen molar-refractivity contribution >= 4 is 17.9 Å². The van der Waals surface area contributed by atoms with Gasteiger partial charge in [0, 0.05) is 0 Å². The summed E-state index contributed by atoms with van der Waals surface area (Å²) in [5.41, 5.74) is -1.89. The van der Waals surface area contributed by atoms with E-state index in [-0.39, 0.29) is 70.0 Å². The lowest BCUT2D eigenvalue weighted by atomic mass is 9.78. The van der Waals surface area contributed by atoms with E-state index in [1.165, 1.54) is 0 Å². The van der Waals surface area contributed by atoms with Gasteiger partial charge >= 0.3 is 35.0 Å². The highest BCUT2D eigenvalue weighted by molar-refractivity contribution is 5.71. The first-order chi connectivity index (χ1) is 34.2. The molecule has 75 heavy (non-hydrogen) atoms. The van der Waals surface area contributed by atoms with E-state index >= 15 is 0 Å². The summed E-state index contributed by atoms with van der Waals surface area (Å²) in [5, 5.41) is 33.6. The molecule has 0 saturated carbocycles.